The van der Waals surface area contributed by atoms with Crippen LogP contribution in [-0.2, 0) is 26.1 Å². The van der Waals surface area contributed by atoms with E-state index in [9.17, 15) is 4.79 Å². The topological polar surface area (TPSA) is 60.5 Å². The molecule has 2 aromatic rings. The summed E-state index contributed by atoms with van der Waals surface area (Å²) >= 11 is 0. The second-order valence-corrected chi connectivity index (χ2v) is 12.8. The number of ether oxygens (including phenoxy) is 2. The molecule has 0 N–H and O–H groups in total. The normalized spacial score (nSPS) is 23.7. The Hall–Kier alpha value is -2.55. The van der Waals surface area contributed by atoms with Crippen molar-refractivity contribution in [1.29, 1.82) is 0 Å². The summed E-state index contributed by atoms with van der Waals surface area (Å²) in [6.07, 6.45) is 4.80. The van der Waals surface area contributed by atoms with E-state index in [1.807, 2.05) is 29.2 Å². The van der Waals surface area contributed by atoms with Crippen LogP contribution in [0.15, 0.2) is 36.4 Å². The zero-order valence-electron chi connectivity index (χ0n) is 24.2. The third kappa shape index (κ3) is 4.45. The van der Waals surface area contributed by atoms with Crippen molar-refractivity contribution in [2.75, 3.05) is 32.1 Å². The molecule has 3 fully saturated rings. The SMILES string of the molecule is COc1ccc(CN2C(=O)C3(CCC3)c3cc(B4OC(C)(C)C(C)(C)O4)cc(OC4CCN(C)CC4)c32)cc1. The second kappa shape index (κ2) is 9.53. The van der Waals surface area contributed by atoms with E-state index >= 15 is 0 Å². The van der Waals surface area contributed by atoms with Gasteiger partial charge in [-0.3, -0.25) is 4.79 Å². The van der Waals surface area contributed by atoms with Gasteiger partial charge in [0.15, 0.2) is 0 Å². The van der Waals surface area contributed by atoms with Crippen molar-refractivity contribution in [2.24, 2.45) is 0 Å². The number of carbonyl (C=O) groups is 1. The van der Waals surface area contributed by atoms with Crippen LogP contribution in [0.3, 0.4) is 0 Å². The molecule has 39 heavy (non-hydrogen) atoms. The average molecular weight is 532 g/mol. The fourth-order valence-electron chi connectivity index (χ4n) is 6.31. The Morgan fingerprint density at radius 3 is 2.21 bits per heavy atom. The van der Waals surface area contributed by atoms with E-state index in [0.29, 0.717) is 6.54 Å². The molecule has 1 aliphatic carbocycles. The van der Waals surface area contributed by atoms with Gasteiger partial charge in [0.2, 0.25) is 5.91 Å². The first-order chi connectivity index (χ1) is 18.5. The molecule has 0 atom stereocenters. The standard InChI is InChI=1S/C31H41BN2O5/c1-29(2)30(3,4)39-32(38-29)22-18-25-27(26(19-22)37-24-12-16-33(5)17-13-24)34(28(35)31(25)14-7-15-31)20-21-8-10-23(36-6)11-9-21/h8-11,18-19,24H,7,12-17,20H2,1-6H3. The molecule has 1 amide bonds. The summed E-state index contributed by atoms with van der Waals surface area (Å²) in [4.78, 5) is 18.5. The number of hydrogen-bond acceptors (Lipinski definition) is 6. The summed E-state index contributed by atoms with van der Waals surface area (Å²) in [5.41, 5.74) is 2.60. The van der Waals surface area contributed by atoms with Crippen molar-refractivity contribution in [3.8, 4) is 11.5 Å². The van der Waals surface area contributed by atoms with Crippen LogP contribution in [-0.4, -0.2) is 62.5 Å². The summed E-state index contributed by atoms with van der Waals surface area (Å²) in [6, 6.07) is 12.2. The number of fused-ring (bicyclic) bond motifs is 2. The molecular weight excluding hydrogens is 491 g/mol. The predicted octanol–water partition coefficient (Wildman–Crippen LogP) is 4.44. The van der Waals surface area contributed by atoms with Crippen LogP contribution in [0.1, 0.15) is 70.9 Å². The van der Waals surface area contributed by atoms with Gasteiger partial charge in [0.1, 0.15) is 17.6 Å². The number of methoxy groups -OCH3 is 1. The van der Waals surface area contributed by atoms with Crippen molar-refractivity contribution >= 4 is 24.2 Å². The lowest BCUT2D eigenvalue weighted by molar-refractivity contribution is -0.126. The highest BCUT2D eigenvalue weighted by Crippen LogP contribution is 2.56. The molecule has 0 unspecified atom stereocenters. The van der Waals surface area contributed by atoms with Gasteiger partial charge in [0.05, 0.1) is 36.0 Å². The lowest BCUT2D eigenvalue weighted by Gasteiger charge is -2.37. The lowest BCUT2D eigenvalue weighted by Crippen LogP contribution is -2.45. The van der Waals surface area contributed by atoms with E-state index in [1.165, 1.54) is 0 Å². The minimum atomic E-state index is -0.511. The maximum atomic E-state index is 14.2. The van der Waals surface area contributed by atoms with Crippen molar-refractivity contribution in [1.82, 2.24) is 4.90 Å². The molecule has 8 heteroatoms. The summed E-state index contributed by atoms with van der Waals surface area (Å²) in [7, 11) is 3.31. The molecule has 3 aliphatic heterocycles. The summed E-state index contributed by atoms with van der Waals surface area (Å²) < 4.78 is 25.1. The van der Waals surface area contributed by atoms with E-state index in [1.54, 1.807) is 7.11 Å². The van der Waals surface area contributed by atoms with Crippen LogP contribution in [0.5, 0.6) is 11.5 Å². The van der Waals surface area contributed by atoms with Crippen LogP contribution in [0.2, 0.25) is 0 Å². The van der Waals surface area contributed by atoms with Crippen LogP contribution in [0.4, 0.5) is 5.69 Å². The monoisotopic (exact) mass is 532 g/mol. The maximum Gasteiger partial charge on any atom is 0.494 e. The molecular formula is C31H41BN2O5. The zero-order valence-corrected chi connectivity index (χ0v) is 24.2. The molecule has 1 spiro atoms. The number of amides is 1. The molecule has 0 aromatic heterocycles. The van der Waals surface area contributed by atoms with Gasteiger partial charge in [-0.15, -0.1) is 0 Å². The van der Waals surface area contributed by atoms with Crippen molar-refractivity contribution in [3.05, 3.63) is 47.5 Å². The first kappa shape index (κ1) is 26.7. The average Bonchev–Trinajstić information content (AvgIpc) is 3.26. The number of rotatable bonds is 6. The smallest absolute Gasteiger partial charge is 0.494 e. The molecule has 2 saturated heterocycles. The molecule has 3 heterocycles. The highest BCUT2D eigenvalue weighted by molar-refractivity contribution is 6.62. The fourth-order valence-corrected chi connectivity index (χ4v) is 6.31. The molecule has 0 bridgehead atoms. The number of nitrogens with zero attached hydrogens (tertiary/aromatic N) is 2. The van der Waals surface area contributed by atoms with Gasteiger partial charge in [0.25, 0.3) is 0 Å². The van der Waals surface area contributed by atoms with Crippen molar-refractivity contribution < 1.29 is 23.6 Å². The van der Waals surface area contributed by atoms with Gasteiger partial charge in [0, 0.05) is 13.1 Å². The predicted molar refractivity (Wildman–Crippen MR) is 153 cm³/mol. The molecule has 7 nitrogen and oxygen atoms in total. The first-order valence-electron chi connectivity index (χ1n) is 14.4. The molecule has 4 aliphatic rings. The van der Waals surface area contributed by atoms with Crippen molar-refractivity contribution in [2.45, 2.75) is 89.1 Å². The molecule has 1 saturated carbocycles. The Balaban J connectivity index is 1.43. The third-order valence-electron chi connectivity index (χ3n) is 9.73. The molecule has 6 rings (SSSR count). The van der Waals surface area contributed by atoms with Gasteiger partial charge in [-0.05, 0) is 95.2 Å². The Morgan fingerprint density at radius 2 is 1.64 bits per heavy atom. The van der Waals surface area contributed by atoms with Crippen LogP contribution < -0.4 is 19.8 Å². The first-order valence-corrected chi connectivity index (χ1v) is 14.4. The van der Waals surface area contributed by atoms with Crippen LogP contribution >= 0.6 is 0 Å². The number of benzene rings is 2. The Morgan fingerprint density at radius 1 is 1.00 bits per heavy atom. The second-order valence-electron chi connectivity index (χ2n) is 12.8. The van der Waals surface area contributed by atoms with E-state index < -0.39 is 23.7 Å². The van der Waals surface area contributed by atoms with Gasteiger partial charge in [-0.1, -0.05) is 24.6 Å². The molecule has 0 radical (unpaired) electrons. The van der Waals surface area contributed by atoms with Gasteiger partial charge in [-0.25, -0.2) is 0 Å². The van der Waals surface area contributed by atoms with E-state index in [2.05, 4.69) is 51.8 Å². The minimum absolute atomic E-state index is 0.106. The van der Waals surface area contributed by atoms with E-state index in [-0.39, 0.29) is 12.0 Å². The van der Waals surface area contributed by atoms with Crippen molar-refractivity contribution in [3.63, 3.8) is 0 Å². The fraction of sp³-hybridized carbons (Fsp3) is 0.581. The molecule has 2 aromatic carbocycles. The van der Waals surface area contributed by atoms with Crippen LogP contribution in [0, 0.1) is 0 Å². The minimum Gasteiger partial charge on any atom is -0.497 e. The van der Waals surface area contributed by atoms with Crippen LogP contribution in [0.25, 0.3) is 0 Å². The van der Waals surface area contributed by atoms with E-state index in [0.717, 1.165) is 79.0 Å². The van der Waals surface area contributed by atoms with Gasteiger partial charge >= 0.3 is 7.12 Å². The van der Waals surface area contributed by atoms with E-state index in [4.69, 9.17) is 18.8 Å². The zero-order chi connectivity index (χ0) is 27.6. The number of likely N-dealkylation sites (tertiary alicyclic amines) is 1. The number of hydrogen-bond donors (Lipinski definition) is 0. The highest BCUT2D eigenvalue weighted by Gasteiger charge is 2.57. The summed E-state index contributed by atoms with van der Waals surface area (Å²) in [6.45, 7) is 10.8. The lowest BCUT2D eigenvalue weighted by atomic mass is 9.63. The summed E-state index contributed by atoms with van der Waals surface area (Å²) in [5.74, 6) is 1.76. The Labute approximate surface area is 232 Å². The number of piperidine rings is 1. The maximum absolute atomic E-state index is 14.2. The quantitative estimate of drug-likeness (QED) is 0.513. The van der Waals surface area contributed by atoms with Gasteiger partial charge < -0.3 is 28.6 Å². The third-order valence-corrected chi connectivity index (χ3v) is 9.73. The molecule has 208 valence electrons. The Kier molecular flexibility index (Phi) is 6.52. The number of anilines is 1. The summed E-state index contributed by atoms with van der Waals surface area (Å²) in [5, 5.41) is 0. The van der Waals surface area contributed by atoms with Gasteiger partial charge in [-0.2, -0.15) is 0 Å². The number of carbonyl (C=O) groups excluding carboxylic acids is 1. The largest absolute Gasteiger partial charge is 0.497 e. The Bertz CT molecular complexity index is 1230. The highest BCUT2D eigenvalue weighted by atomic mass is 16.7.